The number of nitrogens with one attached hydrogen (secondary N) is 1. The predicted octanol–water partition coefficient (Wildman–Crippen LogP) is 1.74. The lowest BCUT2D eigenvalue weighted by molar-refractivity contribution is -0.155. The molecule has 0 unspecified atom stereocenters. The fourth-order valence-corrected chi connectivity index (χ4v) is 5.97. The Morgan fingerprint density at radius 1 is 1.10 bits per heavy atom. The van der Waals surface area contributed by atoms with Gasteiger partial charge in [-0.15, -0.1) is 0 Å². The van der Waals surface area contributed by atoms with E-state index >= 15 is 0 Å². The normalized spacial score (nSPS) is 28.0. The fraction of sp³-hybridized carbons (Fsp3) is 0.739. The second-order valence-corrected chi connectivity index (χ2v) is 9.16. The summed E-state index contributed by atoms with van der Waals surface area (Å²) in [5.74, 6) is -1.25. The van der Waals surface area contributed by atoms with Crippen molar-refractivity contribution in [3.05, 3.63) is 11.3 Å². The molecule has 1 aliphatic carbocycles. The molecule has 31 heavy (non-hydrogen) atoms. The van der Waals surface area contributed by atoms with E-state index in [4.69, 9.17) is 4.74 Å². The molecule has 1 N–H and O–H groups in total. The van der Waals surface area contributed by atoms with Gasteiger partial charge in [-0.1, -0.05) is 6.42 Å². The van der Waals surface area contributed by atoms with Crippen molar-refractivity contribution in [1.82, 2.24) is 15.1 Å². The van der Waals surface area contributed by atoms with Crippen molar-refractivity contribution in [3.63, 3.8) is 0 Å². The summed E-state index contributed by atoms with van der Waals surface area (Å²) in [6, 6.07) is 0. The predicted molar refractivity (Wildman–Crippen MR) is 112 cm³/mol. The highest BCUT2D eigenvalue weighted by molar-refractivity contribution is 5.99. The summed E-state index contributed by atoms with van der Waals surface area (Å²) < 4.78 is 5.22. The average Bonchev–Trinajstić information content (AvgIpc) is 3.20. The van der Waals surface area contributed by atoms with Crippen LogP contribution in [0.2, 0.25) is 0 Å². The van der Waals surface area contributed by atoms with Crippen LogP contribution in [0.3, 0.4) is 0 Å². The minimum absolute atomic E-state index is 0.0101. The van der Waals surface area contributed by atoms with Crippen molar-refractivity contribution in [2.75, 3.05) is 33.3 Å². The molecular formula is C23H33N3O5. The summed E-state index contributed by atoms with van der Waals surface area (Å²) in [7, 11) is 1.37. The zero-order chi connectivity index (χ0) is 22.0. The molecule has 3 heterocycles. The Labute approximate surface area is 183 Å². The van der Waals surface area contributed by atoms with Gasteiger partial charge >= 0.3 is 5.97 Å². The highest BCUT2D eigenvalue weighted by atomic mass is 16.5. The van der Waals surface area contributed by atoms with Gasteiger partial charge in [0.15, 0.2) is 0 Å². The number of carbonyl (C=O) groups is 4. The van der Waals surface area contributed by atoms with Crippen LogP contribution in [0.25, 0.3) is 0 Å². The van der Waals surface area contributed by atoms with Gasteiger partial charge in [-0.2, -0.15) is 0 Å². The van der Waals surface area contributed by atoms with Gasteiger partial charge in [0, 0.05) is 44.7 Å². The van der Waals surface area contributed by atoms with Crippen LogP contribution in [0.1, 0.15) is 64.2 Å². The van der Waals surface area contributed by atoms with E-state index in [9.17, 15) is 19.2 Å². The van der Waals surface area contributed by atoms with E-state index < -0.39 is 11.3 Å². The molecule has 0 aromatic rings. The molecule has 0 aromatic carbocycles. The highest BCUT2D eigenvalue weighted by Gasteiger charge is 2.62. The van der Waals surface area contributed by atoms with Crippen LogP contribution in [0.15, 0.2) is 11.3 Å². The van der Waals surface area contributed by atoms with Crippen LogP contribution in [0, 0.1) is 11.3 Å². The molecular weight excluding hydrogens is 398 g/mol. The van der Waals surface area contributed by atoms with Crippen LogP contribution >= 0.6 is 0 Å². The van der Waals surface area contributed by atoms with Crippen molar-refractivity contribution < 1.29 is 23.9 Å². The first kappa shape index (κ1) is 21.8. The quantitative estimate of drug-likeness (QED) is 0.489. The lowest BCUT2D eigenvalue weighted by Crippen LogP contribution is -2.42. The van der Waals surface area contributed by atoms with E-state index in [1.165, 1.54) is 12.7 Å². The Morgan fingerprint density at radius 2 is 1.87 bits per heavy atom. The van der Waals surface area contributed by atoms with Gasteiger partial charge in [-0.25, -0.2) is 0 Å². The Kier molecular flexibility index (Phi) is 6.34. The maximum Gasteiger partial charge on any atom is 0.318 e. The minimum atomic E-state index is -1.03. The third-order valence-corrected chi connectivity index (χ3v) is 7.38. The molecule has 0 bridgehead atoms. The van der Waals surface area contributed by atoms with Crippen LogP contribution < -0.4 is 5.32 Å². The first-order valence-corrected chi connectivity index (χ1v) is 11.7. The van der Waals surface area contributed by atoms with Crippen LogP contribution in [0.5, 0.6) is 0 Å². The molecule has 0 aromatic heterocycles. The summed E-state index contributed by atoms with van der Waals surface area (Å²) in [4.78, 5) is 54.6. The van der Waals surface area contributed by atoms with Gasteiger partial charge in [0.2, 0.25) is 17.7 Å². The molecule has 4 aliphatic rings. The van der Waals surface area contributed by atoms with Crippen LogP contribution in [0.4, 0.5) is 0 Å². The van der Waals surface area contributed by atoms with Gasteiger partial charge in [-0.3, -0.25) is 19.2 Å². The standard InChI is InChI=1S/C23H33N3O5/c1-31-22(30)23-10-3-2-7-16-8-4-14-26(20(16)23)21(29)17(23)15-18(27)24-11-6-13-25-12-5-9-19(25)28/h17H,2-15H2,1H3,(H,24,27)/t17-,23-/m1/s1. The number of carbonyl (C=O) groups excluding carboxylic acids is 4. The minimum Gasteiger partial charge on any atom is -0.468 e. The van der Waals surface area contributed by atoms with Gasteiger partial charge in [-0.05, 0) is 50.5 Å². The van der Waals surface area contributed by atoms with Crippen molar-refractivity contribution in [1.29, 1.82) is 0 Å². The van der Waals surface area contributed by atoms with E-state index in [1.54, 1.807) is 4.90 Å². The first-order chi connectivity index (χ1) is 15.0. The molecule has 2 saturated heterocycles. The smallest absolute Gasteiger partial charge is 0.318 e. The molecule has 8 nitrogen and oxygen atoms in total. The topological polar surface area (TPSA) is 96.0 Å². The maximum atomic E-state index is 13.4. The number of nitrogens with zero attached hydrogens (tertiary/aromatic N) is 2. The van der Waals surface area contributed by atoms with Crippen molar-refractivity contribution in [2.45, 2.75) is 64.2 Å². The summed E-state index contributed by atoms with van der Waals surface area (Å²) in [5.41, 5.74) is 1.01. The first-order valence-electron chi connectivity index (χ1n) is 11.7. The Bertz CT molecular complexity index is 807. The number of ether oxygens (including phenoxy) is 1. The van der Waals surface area contributed by atoms with Crippen LogP contribution in [-0.2, 0) is 23.9 Å². The van der Waals surface area contributed by atoms with E-state index in [0.717, 1.165) is 50.8 Å². The van der Waals surface area contributed by atoms with Crippen molar-refractivity contribution in [3.8, 4) is 0 Å². The van der Waals surface area contributed by atoms with E-state index in [0.29, 0.717) is 38.9 Å². The number of rotatable bonds is 7. The average molecular weight is 432 g/mol. The molecule has 0 radical (unpaired) electrons. The van der Waals surface area contributed by atoms with Crippen molar-refractivity contribution >= 4 is 23.7 Å². The summed E-state index contributed by atoms with van der Waals surface area (Å²) in [6.45, 7) is 2.49. The van der Waals surface area contributed by atoms with Gasteiger partial charge in [0.1, 0.15) is 5.41 Å². The van der Waals surface area contributed by atoms with Crippen molar-refractivity contribution in [2.24, 2.45) is 11.3 Å². The number of amides is 3. The third-order valence-electron chi connectivity index (χ3n) is 7.38. The maximum absolute atomic E-state index is 13.4. The summed E-state index contributed by atoms with van der Waals surface area (Å²) in [6.07, 6.45) is 7.28. The number of allylic oxidation sites excluding steroid dienone is 1. The van der Waals surface area contributed by atoms with E-state index in [-0.39, 0.29) is 30.1 Å². The Balaban J connectivity index is 1.46. The second kappa shape index (κ2) is 9.01. The number of esters is 1. The van der Waals surface area contributed by atoms with E-state index in [1.807, 2.05) is 4.90 Å². The van der Waals surface area contributed by atoms with Gasteiger partial charge < -0.3 is 19.9 Å². The van der Waals surface area contributed by atoms with Gasteiger partial charge in [0.05, 0.1) is 13.0 Å². The SMILES string of the molecule is COC(=O)[C@@]12CCCCC3=C1N(CCC3)C(=O)[C@H]2CC(=O)NCCCN1CCCC1=O. The summed E-state index contributed by atoms with van der Waals surface area (Å²) in [5, 5.41) is 2.90. The number of hydrogen-bond acceptors (Lipinski definition) is 5. The van der Waals surface area contributed by atoms with Gasteiger partial charge in [0.25, 0.3) is 0 Å². The molecule has 2 fully saturated rings. The number of methoxy groups -OCH3 is 1. The Hall–Kier alpha value is -2.38. The molecule has 3 aliphatic heterocycles. The number of likely N-dealkylation sites (tertiary alicyclic amines) is 1. The van der Waals surface area contributed by atoms with Crippen LogP contribution in [-0.4, -0.2) is 66.8 Å². The molecule has 8 heteroatoms. The molecule has 0 spiro atoms. The van der Waals surface area contributed by atoms with E-state index in [2.05, 4.69) is 5.32 Å². The molecule has 2 atom stereocenters. The Morgan fingerprint density at radius 3 is 2.61 bits per heavy atom. The summed E-state index contributed by atoms with van der Waals surface area (Å²) >= 11 is 0. The molecule has 170 valence electrons. The fourth-order valence-electron chi connectivity index (χ4n) is 5.97. The molecule has 3 amide bonds. The second-order valence-electron chi connectivity index (χ2n) is 9.16. The monoisotopic (exact) mass is 431 g/mol. The molecule has 4 rings (SSSR count). The highest BCUT2D eigenvalue weighted by Crippen LogP contribution is 2.56. The lowest BCUT2D eigenvalue weighted by Gasteiger charge is -2.34. The third kappa shape index (κ3) is 3.85. The number of hydrogen-bond donors (Lipinski definition) is 1. The molecule has 0 saturated carbocycles. The zero-order valence-electron chi connectivity index (χ0n) is 18.4. The largest absolute Gasteiger partial charge is 0.468 e. The zero-order valence-corrected chi connectivity index (χ0v) is 18.4. The lowest BCUT2D eigenvalue weighted by atomic mass is 9.70.